The molecule has 0 aliphatic carbocycles. The number of hydroxylamine groups is 1. The van der Waals surface area contributed by atoms with Crippen molar-refractivity contribution < 1.29 is 14.4 Å². The van der Waals surface area contributed by atoms with Gasteiger partial charge in [0.25, 0.3) is 5.91 Å². The molecule has 2 fully saturated rings. The van der Waals surface area contributed by atoms with E-state index in [2.05, 4.69) is 57.7 Å². The zero-order valence-corrected chi connectivity index (χ0v) is 23.4. The number of nitrogens with zero attached hydrogens (tertiary/aromatic N) is 4. The largest absolute Gasteiger partial charge is 0.298 e. The highest BCUT2D eigenvalue weighted by Crippen LogP contribution is 2.22. The van der Waals surface area contributed by atoms with Crippen molar-refractivity contribution in [3.63, 3.8) is 0 Å². The van der Waals surface area contributed by atoms with Crippen molar-refractivity contribution in [1.29, 1.82) is 0 Å². The van der Waals surface area contributed by atoms with Crippen LogP contribution in [0, 0.1) is 0 Å². The maximum absolute atomic E-state index is 14.0. The summed E-state index contributed by atoms with van der Waals surface area (Å²) in [5.41, 5.74) is 4.85. The standard InChI is InChI=1S/C30H44FN5O2/c1-23-17-35(19-25-8-10-28(11-9-25)29(37)32-38)18-24(2)36(23)21-27-7-5-6-26(16-27)20-33-12-14-34(15-13-33)22-30(3,4)31/h5-11,16,23-24,38H,12-15,17-22H2,1-4H3,(H,32,37). The Morgan fingerprint density at radius 2 is 1.42 bits per heavy atom. The summed E-state index contributed by atoms with van der Waals surface area (Å²) >= 11 is 0. The van der Waals surface area contributed by atoms with Crippen LogP contribution < -0.4 is 5.48 Å². The number of rotatable bonds is 9. The molecule has 1 amide bonds. The molecule has 4 rings (SSSR count). The zero-order chi connectivity index (χ0) is 27.3. The van der Waals surface area contributed by atoms with Crippen LogP contribution in [0.5, 0.6) is 0 Å². The van der Waals surface area contributed by atoms with Crippen molar-refractivity contribution >= 4 is 5.91 Å². The Bertz CT molecular complexity index is 1040. The highest BCUT2D eigenvalue weighted by molar-refractivity contribution is 5.93. The third-order valence-electron chi connectivity index (χ3n) is 7.73. The first-order valence-corrected chi connectivity index (χ1v) is 13.8. The van der Waals surface area contributed by atoms with Crippen LogP contribution in [0.1, 0.15) is 54.7 Å². The summed E-state index contributed by atoms with van der Waals surface area (Å²) in [5, 5.41) is 8.81. The minimum Gasteiger partial charge on any atom is -0.298 e. The third-order valence-corrected chi connectivity index (χ3v) is 7.73. The van der Waals surface area contributed by atoms with Crippen molar-refractivity contribution in [2.24, 2.45) is 0 Å². The first-order valence-electron chi connectivity index (χ1n) is 13.8. The summed E-state index contributed by atoms with van der Waals surface area (Å²) in [6.07, 6.45) is 0. The Morgan fingerprint density at radius 3 is 2.00 bits per heavy atom. The van der Waals surface area contributed by atoms with Gasteiger partial charge in [0, 0.05) is 83.1 Å². The number of carbonyl (C=O) groups excluding carboxylic acids is 1. The molecule has 0 aromatic heterocycles. The van der Waals surface area contributed by atoms with Crippen LogP contribution in [0.2, 0.25) is 0 Å². The van der Waals surface area contributed by atoms with Crippen LogP contribution >= 0.6 is 0 Å². The van der Waals surface area contributed by atoms with Crippen molar-refractivity contribution in [1.82, 2.24) is 25.1 Å². The van der Waals surface area contributed by atoms with Gasteiger partial charge in [-0.15, -0.1) is 0 Å². The quantitative estimate of drug-likeness (QED) is 0.384. The molecule has 2 unspecified atom stereocenters. The average Bonchev–Trinajstić information content (AvgIpc) is 2.87. The fourth-order valence-corrected chi connectivity index (χ4v) is 5.92. The van der Waals surface area contributed by atoms with E-state index < -0.39 is 11.6 Å². The predicted octanol–water partition coefficient (Wildman–Crippen LogP) is 3.77. The smallest absolute Gasteiger partial charge is 0.274 e. The van der Waals surface area contributed by atoms with Gasteiger partial charge in [0.1, 0.15) is 5.67 Å². The highest BCUT2D eigenvalue weighted by atomic mass is 19.1. The number of amides is 1. The molecule has 208 valence electrons. The molecule has 2 aromatic carbocycles. The van der Waals surface area contributed by atoms with Crippen molar-refractivity contribution in [2.75, 3.05) is 45.8 Å². The lowest BCUT2D eigenvalue weighted by atomic mass is 10.0. The Kier molecular flexibility index (Phi) is 9.54. The summed E-state index contributed by atoms with van der Waals surface area (Å²) in [6.45, 7) is 17.0. The fraction of sp³-hybridized carbons (Fsp3) is 0.567. The summed E-state index contributed by atoms with van der Waals surface area (Å²) < 4.78 is 14.0. The molecule has 2 saturated heterocycles. The second-order valence-corrected chi connectivity index (χ2v) is 11.8. The molecule has 0 spiro atoms. The Morgan fingerprint density at radius 1 is 0.868 bits per heavy atom. The van der Waals surface area contributed by atoms with E-state index in [1.807, 2.05) is 12.1 Å². The van der Waals surface area contributed by atoms with Crippen molar-refractivity contribution in [3.8, 4) is 0 Å². The summed E-state index contributed by atoms with van der Waals surface area (Å²) in [5.74, 6) is -0.489. The molecule has 2 aliphatic rings. The van der Waals surface area contributed by atoms with E-state index in [1.54, 1.807) is 31.5 Å². The first-order chi connectivity index (χ1) is 18.1. The van der Waals surface area contributed by atoms with Gasteiger partial charge in [-0.2, -0.15) is 0 Å². The van der Waals surface area contributed by atoms with E-state index in [4.69, 9.17) is 5.21 Å². The van der Waals surface area contributed by atoms with Gasteiger partial charge in [-0.25, -0.2) is 9.87 Å². The van der Waals surface area contributed by atoms with Crippen LogP contribution in [0.25, 0.3) is 0 Å². The normalized spacial score (nSPS) is 22.5. The molecule has 2 N–H and O–H groups in total. The minimum absolute atomic E-state index is 0.426. The number of nitrogens with one attached hydrogen (secondary N) is 1. The number of benzene rings is 2. The number of piperazine rings is 2. The second-order valence-electron chi connectivity index (χ2n) is 11.8. The van der Waals surface area contributed by atoms with Gasteiger partial charge in [0.05, 0.1) is 0 Å². The van der Waals surface area contributed by atoms with E-state index in [-0.39, 0.29) is 0 Å². The monoisotopic (exact) mass is 525 g/mol. The molecule has 38 heavy (non-hydrogen) atoms. The minimum atomic E-state index is -1.14. The van der Waals surface area contributed by atoms with Gasteiger partial charge in [0.15, 0.2) is 0 Å². The Labute approximate surface area is 227 Å². The predicted molar refractivity (Wildman–Crippen MR) is 149 cm³/mol. The summed E-state index contributed by atoms with van der Waals surface area (Å²) in [7, 11) is 0. The molecule has 0 bridgehead atoms. The van der Waals surface area contributed by atoms with Crippen LogP contribution in [-0.4, -0.2) is 94.3 Å². The number of alkyl halides is 1. The van der Waals surface area contributed by atoms with E-state index in [1.165, 1.54) is 11.1 Å². The van der Waals surface area contributed by atoms with Crippen LogP contribution in [0.15, 0.2) is 48.5 Å². The molecule has 7 nitrogen and oxygen atoms in total. The molecule has 2 aliphatic heterocycles. The number of hydrogen-bond donors (Lipinski definition) is 2. The van der Waals surface area contributed by atoms with Gasteiger partial charge in [-0.3, -0.25) is 29.6 Å². The average molecular weight is 526 g/mol. The van der Waals surface area contributed by atoms with E-state index >= 15 is 0 Å². The highest BCUT2D eigenvalue weighted by Gasteiger charge is 2.29. The van der Waals surface area contributed by atoms with Crippen LogP contribution in [-0.2, 0) is 19.6 Å². The third kappa shape index (κ3) is 8.07. The number of halogens is 1. The topological polar surface area (TPSA) is 62.3 Å². The molecule has 2 heterocycles. The van der Waals surface area contributed by atoms with Gasteiger partial charge in [0.2, 0.25) is 0 Å². The summed E-state index contributed by atoms with van der Waals surface area (Å²) in [6, 6.07) is 17.3. The molecular formula is C30H44FN5O2. The van der Waals surface area contributed by atoms with Crippen molar-refractivity contribution in [3.05, 3.63) is 70.8 Å². The lowest BCUT2D eigenvalue weighted by molar-refractivity contribution is 0.0290. The lowest BCUT2D eigenvalue weighted by Gasteiger charge is -2.44. The molecule has 0 radical (unpaired) electrons. The van der Waals surface area contributed by atoms with Gasteiger partial charge in [-0.1, -0.05) is 36.4 Å². The second kappa shape index (κ2) is 12.7. The van der Waals surface area contributed by atoms with Gasteiger partial charge in [-0.05, 0) is 56.5 Å². The molecular weight excluding hydrogens is 481 g/mol. The molecule has 8 heteroatoms. The van der Waals surface area contributed by atoms with Crippen molar-refractivity contribution in [2.45, 2.75) is 65.1 Å². The first kappa shape index (κ1) is 28.6. The number of carbonyl (C=O) groups is 1. The van der Waals surface area contributed by atoms with Crippen LogP contribution in [0.3, 0.4) is 0 Å². The summed E-state index contributed by atoms with van der Waals surface area (Å²) in [4.78, 5) is 21.4. The molecule has 2 aromatic rings. The SMILES string of the molecule is CC1CN(Cc2ccc(C(=O)NO)cc2)CC(C)N1Cc1cccc(CN2CCN(CC(C)(C)F)CC2)c1. The van der Waals surface area contributed by atoms with Gasteiger partial charge < -0.3 is 0 Å². The lowest BCUT2D eigenvalue weighted by Crippen LogP contribution is -2.55. The number of hydrogen-bond acceptors (Lipinski definition) is 6. The molecule has 0 saturated carbocycles. The fourth-order valence-electron chi connectivity index (χ4n) is 5.92. The van der Waals surface area contributed by atoms with E-state index in [9.17, 15) is 9.18 Å². The van der Waals surface area contributed by atoms with Crippen LogP contribution in [0.4, 0.5) is 4.39 Å². The zero-order valence-electron chi connectivity index (χ0n) is 23.4. The van der Waals surface area contributed by atoms with E-state index in [0.29, 0.717) is 24.2 Å². The maximum atomic E-state index is 14.0. The molecule has 2 atom stereocenters. The van der Waals surface area contributed by atoms with E-state index in [0.717, 1.165) is 64.5 Å². The Balaban J connectivity index is 1.28. The maximum Gasteiger partial charge on any atom is 0.274 e. The Hall–Kier alpha value is -2.36. The van der Waals surface area contributed by atoms with Gasteiger partial charge >= 0.3 is 0 Å².